The van der Waals surface area contributed by atoms with Crippen LogP contribution in [0.4, 0.5) is 10.5 Å². The second kappa shape index (κ2) is 9.17. The molecule has 0 amide bonds. The third kappa shape index (κ3) is 4.44. The number of hydrogen-bond donors (Lipinski definition) is 2. The SMILES string of the molecule is C#C[C@]1(COC(=O)OCCCC23CC4CC(CC(C4)C2)C3)O[C@@H](n2cnc3c(N)cc(C)nc32)C[C@@H]1O. The van der Waals surface area contributed by atoms with Crippen LogP contribution in [-0.2, 0) is 14.2 Å². The molecule has 7 rings (SSSR count). The molecule has 3 heterocycles. The molecule has 0 aromatic carbocycles. The van der Waals surface area contributed by atoms with Gasteiger partial charge in [0.15, 0.2) is 11.2 Å². The molecule has 5 aliphatic rings. The Hall–Kier alpha value is -2.83. The fourth-order valence-electron chi connectivity index (χ4n) is 8.00. The number of pyridine rings is 1. The molecule has 2 aromatic rings. The number of aliphatic hydroxyl groups is 1. The van der Waals surface area contributed by atoms with Gasteiger partial charge in [0, 0.05) is 12.1 Å². The number of carbonyl (C=O) groups excluding carboxylic acids is 1. The van der Waals surface area contributed by atoms with Crippen LogP contribution in [0.3, 0.4) is 0 Å². The van der Waals surface area contributed by atoms with E-state index in [2.05, 4.69) is 15.9 Å². The van der Waals surface area contributed by atoms with Crippen LogP contribution in [0, 0.1) is 42.4 Å². The van der Waals surface area contributed by atoms with Gasteiger partial charge in [0.1, 0.15) is 24.5 Å². The molecule has 9 nitrogen and oxygen atoms in total. The lowest BCUT2D eigenvalue weighted by atomic mass is 9.48. The minimum Gasteiger partial charge on any atom is -0.434 e. The van der Waals surface area contributed by atoms with Crippen LogP contribution in [0.15, 0.2) is 12.4 Å². The van der Waals surface area contributed by atoms with Gasteiger partial charge in [-0.3, -0.25) is 4.57 Å². The number of aromatic nitrogens is 3. The number of rotatable bonds is 7. The van der Waals surface area contributed by atoms with E-state index in [0.29, 0.717) is 28.9 Å². The van der Waals surface area contributed by atoms with Crippen LogP contribution < -0.4 is 5.73 Å². The van der Waals surface area contributed by atoms with Gasteiger partial charge in [-0.1, -0.05) is 5.92 Å². The summed E-state index contributed by atoms with van der Waals surface area (Å²) in [5.41, 5.74) is 7.38. The summed E-state index contributed by atoms with van der Waals surface area (Å²) >= 11 is 0. The maximum absolute atomic E-state index is 12.4. The average Bonchev–Trinajstić information content (AvgIpc) is 3.41. The van der Waals surface area contributed by atoms with E-state index in [4.69, 9.17) is 26.4 Å². The number of anilines is 1. The zero-order valence-corrected chi connectivity index (χ0v) is 21.4. The number of ether oxygens (including phenoxy) is 3. The summed E-state index contributed by atoms with van der Waals surface area (Å²) in [7, 11) is 0. The molecule has 0 radical (unpaired) electrons. The molecule has 4 saturated carbocycles. The van der Waals surface area contributed by atoms with Gasteiger partial charge in [-0.25, -0.2) is 14.8 Å². The highest BCUT2D eigenvalue weighted by Gasteiger charge is 2.51. The third-order valence-electron chi connectivity index (χ3n) is 9.19. The molecule has 198 valence electrons. The lowest BCUT2D eigenvalue weighted by Gasteiger charge is -2.57. The summed E-state index contributed by atoms with van der Waals surface area (Å²) in [5.74, 6) is 5.24. The lowest BCUT2D eigenvalue weighted by molar-refractivity contribution is -0.0985. The molecule has 3 atom stereocenters. The normalized spacial score (nSPS) is 36.1. The van der Waals surface area contributed by atoms with E-state index in [1.807, 2.05) is 6.92 Å². The van der Waals surface area contributed by atoms with Crippen molar-refractivity contribution in [1.29, 1.82) is 0 Å². The van der Waals surface area contributed by atoms with Crippen LogP contribution in [0.25, 0.3) is 11.2 Å². The van der Waals surface area contributed by atoms with E-state index < -0.39 is 24.1 Å². The minimum absolute atomic E-state index is 0.189. The summed E-state index contributed by atoms with van der Waals surface area (Å²) < 4.78 is 18.5. The highest BCUT2D eigenvalue weighted by molar-refractivity contribution is 5.84. The summed E-state index contributed by atoms with van der Waals surface area (Å²) in [6.07, 6.45) is 15.3. The van der Waals surface area contributed by atoms with Crippen LogP contribution in [0.1, 0.15) is 69.7 Å². The Labute approximate surface area is 217 Å². The van der Waals surface area contributed by atoms with Crippen molar-refractivity contribution >= 4 is 23.0 Å². The van der Waals surface area contributed by atoms with E-state index in [0.717, 1.165) is 36.3 Å². The van der Waals surface area contributed by atoms with Crippen LogP contribution in [0.2, 0.25) is 0 Å². The molecule has 0 spiro atoms. The molecule has 9 heteroatoms. The van der Waals surface area contributed by atoms with Crippen LogP contribution in [-0.4, -0.2) is 50.7 Å². The van der Waals surface area contributed by atoms with Gasteiger partial charge in [0.2, 0.25) is 0 Å². The maximum Gasteiger partial charge on any atom is 0.508 e. The number of nitrogens with two attached hydrogens (primary N) is 1. The molecule has 37 heavy (non-hydrogen) atoms. The molecule has 0 unspecified atom stereocenters. The Morgan fingerprint density at radius 1 is 1.24 bits per heavy atom. The van der Waals surface area contributed by atoms with Crippen molar-refractivity contribution < 1.29 is 24.1 Å². The van der Waals surface area contributed by atoms with Gasteiger partial charge in [-0.15, -0.1) is 6.42 Å². The summed E-state index contributed by atoms with van der Waals surface area (Å²) in [6.45, 7) is 1.85. The molecule has 1 aliphatic heterocycles. The third-order valence-corrected chi connectivity index (χ3v) is 9.19. The van der Waals surface area contributed by atoms with E-state index in [-0.39, 0.29) is 13.0 Å². The van der Waals surface area contributed by atoms with E-state index in [9.17, 15) is 9.90 Å². The zero-order valence-electron chi connectivity index (χ0n) is 21.4. The van der Waals surface area contributed by atoms with E-state index in [1.54, 1.807) is 17.0 Å². The maximum atomic E-state index is 12.4. The minimum atomic E-state index is -1.49. The first-order valence-electron chi connectivity index (χ1n) is 13.5. The molecular formula is C28H36N4O5. The number of nitrogens with zero attached hydrogens (tertiary/aromatic N) is 3. The Morgan fingerprint density at radius 3 is 2.62 bits per heavy atom. The van der Waals surface area contributed by atoms with Gasteiger partial charge in [-0.05, 0) is 87.5 Å². The van der Waals surface area contributed by atoms with Crippen molar-refractivity contribution in [2.24, 2.45) is 23.2 Å². The summed E-state index contributed by atoms with van der Waals surface area (Å²) in [6, 6.07) is 1.75. The average molecular weight is 509 g/mol. The van der Waals surface area contributed by atoms with Crippen molar-refractivity contribution in [3.8, 4) is 12.3 Å². The highest BCUT2D eigenvalue weighted by atomic mass is 16.7. The van der Waals surface area contributed by atoms with Crippen molar-refractivity contribution in [3.63, 3.8) is 0 Å². The summed E-state index contributed by atoms with van der Waals surface area (Å²) in [4.78, 5) is 21.2. The second-order valence-electron chi connectivity index (χ2n) is 11.9. The Balaban J connectivity index is 1.02. The fraction of sp³-hybridized carbons (Fsp3) is 0.679. The standard InChI is InChI=1S/C28H36N4O5/c1-3-28(22(33)11-23(37-28)32-16-30-24-21(29)7-17(2)31-25(24)32)15-36-26(34)35-6-4-5-27-12-18-8-19(13-27)10-20(9-18)14-27/h1,7,16,18-20,22-23,33H,4-6,8-15H2,2H3,(H2,29,31)/t18?,19?,20?,22-,23+,27?,28+/m0/s1. The summed E-state index contributed by atoms with van der Waals surface area (Å²) in [5, 5.41) is 10.8. The number of imidazole rings is 1. The molecule has 2 aromatic heterocycles. The van der Waals surface area contributed by atoms with Gasteiger partial charge >= 0.3 is 6.16 Å². The van der Waals surface area contributed by atoms with Crippen molar-refractivity contribution in [3.05, 3.63) is 18.1 Å². The Bertz CT molecular complexity index is 1200. The van der Waals surface area contributed by atoms with Crippen molar-refractivity contribution in [2.75, 3.05) is 18.9 Å². The van der Waals surface area contributed by atoms with Crippen molar-refractivity contribution in [2.45, 2.75) is 82.6 Å². The monoisotopic (exact) mass is 508 g/mol. The predicted molar refractivity (Wildman–Crippen MR) is 136 cm³/mol. The molecule has 5 fully saturated rings. The Morgan fingerprint density at radius 2 is 1.95 bits per heavy atom. The van der Waals surface area contributed by atoms with Gasteiger partial charge in [0.05, 0.1) is 18.6 Å². The van der Waals surface area contributed by atoms with Gasteiger partial charge < -0.3 is 25.1 Å². The quantitative estimate of drug-likeness (QED) is 0.325. The first kappa shape index (κ1) is 24.5. The topological polar surface area (TPSA) is 122 Å². The van der Waals surface area contributed by atoms with Crippen LogP contribution in [0.5, 0.6) is 0 Å². The largest absolute Gasteiger partial charge is 0.508 e. The number of terminal acetylenes is 1. The number of aryl methyl sites for hydroxylation is 1. The van der Waals surface area contributed by atoms with Gasteiger partial charge in [0.25, 0.3) is 0 Å². The second-order valence-corrected chi connectivity index (χ2v) is 11.9. The van der Waals surface area contributed by atoms with E-state index in [1.165, 1.54) is 38.5 Å². The first-order chi connectivity index (χ1) is 17.8. The smallest absolute Gasteiger partial charge is 0.434 e. The highest BCUT2D eigenvalue weighted by Crippen LogP contribution is 2.61. The van der Waals surface area contributed by atoms with Crippen molar-refractivity contribution in [1.82, 2.24) is 14.5 Å². The fourth-order valence-corrected chi connectivity index (χ4v) is 8.00. The zero-order chi connectivity index (χ0) is 25.8. The lowest BCUT2D eigenvalue weighted by Crippen LogP contribution is -2.46. The molecule has 4 aliphatic carbocycles. The molecular weight excluding hydrogens is 472 g/mol. The van der Waals surface area contributed by atoms with Gasteiger partial charge in [-0.2, -0.15) is 0 Å². The van der Waals surface area contributed by atoms with E-state index >= 15 is 0 Å². The number of aliphatic hydroxyl groups excluding tert-OH is 1. The number of nitrogen functional groups attached to an aromatic ring is 1. The first-order valence-corrected chi connectivity index (χ1v) is 13.5. The number of fused-ring (bicyclic) bond motifs is 1. The molecule has 1 saturated heterocycles. The van der Waals surface area contributed by atoms with Crippen LogP contribution >= 0.6 is 0 Å². The number of carbonyl (C=O) groups is 1. The Kier molecular flexibility index (Phi) is 6.08. The molecule has 3 N–H and O–H groups in total. The number of hydrogen-bond acceptors (Lipinski definition) is 8. The predicted octanol–water partition coefficient (Wildman–Crippen LogP) is 4.12. The molecule has 4 bridgehead atoms.